The van der Waals surface area contributed by atoms with Crippen molar-refractivity contribution in [2.45, 2.75) is 115 Å². The number of benzene rings is 9. The number of rotatable bonds is 11. The molecule has 9 nitrogen and oxygen atoms in total. The van der Waals surface area contributed by atoms with Gasteiger partial charge < -0.3 is 14.4 Å². The molecule has 15 rings (SSSR count). The maximum Gasteiger partial charge on any atom is 0.543 e. The van der Waals surface area contributed by atoms with Crippen LogP contribution in [-0.4, -0.2) is 35.0 Å². The van der Waals surface area contributed by atoms with Gasteiger partial charge >= 0.3 is 20.9 Å². The van der Waals surface area contributed by atoms with Gasteiger partial charge in [-0.25, -0.2) is 13.7 Å². The summed E-state index contributed by atoms with van der Waals surface area (Å²) in [6.45, 7) is 18.2. The van der Waals surface area contributed by atoms with Crippen LogP contribution in [0.3, 0.4) is 0 Å². The Bertz CT molecular complexity index is 5420. The van der Waals surface area contributed by atoms with Crippen molar-refractivity contribution in [3.8, 4) is 22.3 Å². The zero-order chi connectivity index (χ0) is 80.5. The Hall–Kier alpha value is -10.6. The van der Waals surface area contributed by atoms with E-state index in [0.717, 1.165) is 113 Å². The minimum Gasteiger partial charge on any atom is -0.369 e. The van der Waals surface area contributed by atoms with E-state index in [1.807, 2.05) is 101 Å². The highest BCUT2D eigenvalue weighted by Crippen LogP contribution is 2.50. The predicted octanol–water partition coefficient (Wildman–Crippen LogP) is 18.2. The molecule has 0 amide bonds. The maximum atomic E-state index is 8.42. The number of hydrogen-bond donors (Lipinski definition) is 0. The first kappa shape index (κ1) is 60.0. The Labute approximate surface area is 628 Å². The number of fused-ring (bicyclic) bond motifs is 3. The van der Waals surface area contributed by atoms with E-state index in [0.29, 0.717) is 28.5 Å². The molecule has 0 fully saturated rings. The number of nitrogens with zero attached hydrogens (tertiary/aromatic N) is 9. The normalized spacial score (nSPS) is 14.7. The number of para-hydroxylation sites is 4. The summed E-state index contributed by atoms with van der Waals surface area (Å²) in [6.07, 6.45) is 5.82. The maximum absolute atomic E-state index is 8.42. The Morgan fingerprint density at radius 3 is 1.04 bits per heavy atom. The average Bonchev–Trinajstić information content (AvgIpc) is 1.57. The fraction of sp³-hybridized carbons (Fsp3) is 0.242. The van der Waals surface area contributed by atoms with Crippen LogP contribution in [0.5, 0.6) is 0 Å². The van der Waals surface area contributed by atoms with Crippen molar-refractivity contribution in [2.75, 3.05) is 43.0 Å². The zero-order valence-corrected chi connectivity index (χ0v) is 62.9. The Morgan fingerprint density at radius 1 is 0.311 bits per heavy atom. The highest BCUT2D eigenvalue weighted by atomic mass is 15.4. The lowest BCUT2D eigenvalue weighted by Crippen LogP contribution is -2.58. The fourth-order valence-corrected chi connectivity index (χ4v) is 16.1. The third-order valence-corrected chi connectivity index (χ3v) is 21.2. The average molecular weight is 1360 g/mol. The van der Waals surface area contributed by atoms with Crippen molar-refractivity contribution in [1.29, 1.82) is 0 Å². The standard InChI is InChI=1S/C39H35BN3.C28H37BN3.C24H29BN3/c1-28-16-14-25-36-39(28)43(37-26-29(2)30(3)27-41(37)4)40(42(36)33-21-12-7-13-22-33)38-34(31-17-8-5-9-18-31)23-15-24-35(38)32-19-10-6-11-20-32;1-18(2)23-13-11-14-24(19(3)4)27(23)29-31(9)25-15-10-12-20(5)28(25)32(29)26-16-21(6)22(7)17-30(26)8;1-16-10-8-11-17(2)23(16)25-27(7)21-13-9-12-18(3)24(21)28(25)22-14-19(4)20(5)15-26(22)6/h5-27H,1-4H3;10-19H,1-9H3;8-15H,1-7H3/q3*+1/i2D3;6D3;4D3. The van der Waals surface area contributed by atoms with Crippen LogP contribution in [0.2, 0.25) is 0 Å². The highest BCUT2D eigenvalue weighted by molar-refractivity contribution is 6.87. The van der Waals surface area contributed by atoms with E-state index in [1.165, 1.54) is 38.7 Å². The van der Waals surface area contributed by atoms with E-state index in [4.69, 9.17) is 12.3 Å². The first-order chi connectivity index (χ1) is 53.1. The second-order valence-electron chi connectivity index (χ2n) is 29.0. The van der Waals surface area contributed by atoms with Crippen LogP contribution >= 0.6 is 0 Å². The van der Waals surface area contributed by atoms with Crippen LogP contribution in [0.1, 0.15) is 124 Å². The van der Waals surface area contributed by atoms with Gasteiger partial charge in [0.1, 0.15) is 17.1 Å². The molecule has 0 aliphatic carbocycles. The first-order valence-corrected chi connectivity index (χ1v) is 36.0. The Balaban J connectivity index is 0.000000151. The second-order valence-corrected chi connectivity index (χ2v) is 29.0. The number of hydrogen-bond acceptors (Lipinski definition) is 6. The summed E-state index contributed by atoms with van der Waals surface area (Å²) in [5.74, 6) is 3.25. The van der Waals surface area contributed by atoms with Crippen LogP contribution < -0.4 is 59.0 Å². The van der Waals surface area contributed by atoms with Gasteiger partial charge in [0.15, 0.2) is 0 Å². The monoisotopic (exact) mass is 1360 g/mol. The van der Waals surface area contributed by atoms with Crippen molar-refractivity contribution in [3.63, 3.8) is 0 Å². The quantitative estimate of drug-likeness (QED) is 0.0948. The van der Waals surface area contributed by atoms with E-state index in [1.54, 1.807) is 0 Å². The van der Waals surface area contributed by atoms with Gasteiger partial charge in [-0.15, -0.1) is 0 Å². The lowest BCUT2D eigenvalue weighted by atomic mass is 9.59. The molecule has 3 aliphatic heterocycles. The molecule has 103 heavy (non-hydrogen) atoms. The molecule has 0 saturated carbocycles. The number of pyridine rings is 3. The number of anilines is 10. The van der Waals surface area contributed by atoms with Crippen LogP contribution in [0, 0.1) is 75.9 Å². The molecule has 0 spiro atoms. The first-order valence-electron chi connectivity index (χ1n) is 40.5. The molecule has 9 aromatic carbocycles. The predicted molar refractivity (Wildman–Crippen MR) is 441 cm³/mol. The van der Waals surface area contributed by atoms with Crippen molar-refractivity contribution in [3.05, 3.63) is 309 Å². The van der Waals surface area contributed by atoms with E-state index in [2.05, 4.69) is 296 Å². The van der Waals surface area contributed by atoms with Gasteiger partial charge in [0.2, 0.25) is 0 Å². The summed E-state index contributed by atoms with van der Waals surface area (Å²) in [5, 5.41) is 0. The summed E-state index contributed by atoms with van der Waals surface area (Å²) in [7, 11) is 10.3. The Kier molecular flexibility index (Phi) is 16.9. The van der Waals surface area contributed by atoms with E-state index in [-0.39, 0.29) is 20.9 Å². The summed E-state index contributed by atoms with van der Waals surface area (Å²) in [4.78, 5) is 14.1. The van der Waals surface area contributed by atoms with E-state index < -0.39 is 20.6 Å². The van der Waals surface area contributed by atoms with Gasteiger partial charge in [-0.05, 0) is 227 Å². The molecule has 0 radical (unpaired) electrons. The molecule has 3 aromatic heterocycles. The number of aryl methyl sites for hydroxylation is 14. The summed E-state index contributed by atoms with van der Waals surface area (Å²) in [6, 6.07) is 75.9. The van der Waals surface area contributed by atoms with Crippen molar-refractivity contribution >= 4 is 94.6 Å². The summed E-state index contributed by atoms with van der Waals surface area (Å²) >= 11 is 0. The number of aromatic nitrogens is 3. The molecule has 12 aromatic rings. The van der Waals surface area contributed by atoms with Gasteiger partial charge in [0.05, 0.1) is 56.8 Å². The zero-order valence-electron chi connectivity index (χ0n) is 71.9. The highest BCUT2D eigenvalue weighted by Gasteiger charge is 2.56. The molecule has 516 valence electrons. The van der Waals surface area contributed by atoms with Crippen molar-refractivity contribution < 1.29 is 26.0 Å². The summed E-state index contributed by atoms with van der Waals surface area (Å²) < 4.78 is 80.1. The fourth-order valence-electron chi connectivity index (χ4n) is 16.1. The van der Waals surface area contributed by atoms with Crippen LogP contribution in [0.4, 0.5) is 57.3 Å². The third-order valence-electron chi connectivity index (χ3n) is 21.2. The SMILES string of the molecule is [2H]C([2H])([2H])c1cc(N2B(c3c(-c4ccccc4)cccc3-c3ccccc3)N(c3ccccc3)c3cccc(C)c32)[n+](C)cc1C.[2H]C([2H])([2H])c1cc(N2B(c3c(C(C)C)cccc3C(C)C)N(C)c3cccc(C)c32)[n+](C)cc1C.[2H]C([2H])([2H])c1cc(N2B(c3c(C)cccc3C)N(C)c3cccc(C)c32)[n+](C)cc1C. The lowest BCUT2D eigenvalue weighted by molar-refractivity contribution is -0.658. The van der Waals surface area contributed by atoms with Gasteiger partial charge in [0.25, 0.3) is 17.5 Å². The largest absolute Gasteiger partial charge is 0.543 e. The van der Waals surface area contributed by atoms with E-state index >= 15 is 0 Å². The molecule has 12 heteroatoms. The van der Waals surface area contributed by atoms with Gasteiger partial charge in [-0.1, -0.05) is 198 Å². The molecular formula is C91H101B3N9+3. The minimum absolute atomic E-state index is 0.0735. The minimum atomic E-state index is -2.26. The van der Waals surface area contributed by atoms with Crippen molar-refractivity contribution in [2.24, 2.45) is 21.1 Å². The molecule has 3 aliphatic rings. The van der Waals surface area contributed by atoms with Crippen LogP contribution in [0.15, 0.2) is 237 Å². The summed E-state index contributed by atoms with van der Waals surface area (Å²) in [5.41, 5.74) is 27.8. The van der Waals surface area contributed by atoms with Gasteiger partial charge in [-0.2, -0.15) is 0 Å². The third kappa shape index (κ3) is 13.0. The molecule has 0 saturated heterocycles. The molecular weight excluding hydrogens is 1250 g/mol. The topological polar surface area (TPSA) is 31.1 Å². The molecule has 0 N–H and O–H groups in total. The smallest absolute Gasteiger partial charge is 0.369 e. The van der Waals surface area contributed by atoms with E-state index in [9.17, 15) is 0 Å². The lowest BCUT2D eigenvalue weighted by Gasteiger charge is -2.28. The second kappa shape index (κ2) is 29.0. The molecule has 0 bridgehead atoms. The van der Waals surface area contributed by atoms with Crippen molar-refractivity contribution in [1.82, 2.24) is 0 Å². The van der Waals surface area contributed by atoms with Crippen LogP contribution in [0.25, 0.3) is 22.3 Å². The van der Waals surface area contributed by atoms with Gasteiger partial charge in [0, 0.05) is 52.6 Å². The molecule has 0 unspecified atom stereocenters. The molecule has 6 heterocycles. The Morgan fingerprint density at radius 2 is 0.641 bits per heavy atom. The molecule has 0 atom stereocenters. The van der Waals surface area contributed by atoms with Gasteiger partial charge in [-0.3, -0.25) is 14.4 Å². The van der Waals surface area contributed by atoms with Crippen LogP contribution in [-0.2, 0) is 21.1 Å².